The van der Waals surface area contributed by atoms with Gasteiger partial charge in [0.25, 0.3) is 5.91 Å². The number of carbonyl (C=O) groups excluding carboxylic acids is 2. The Balaban J connectivity index is 2.24. The Bertz CT molecular complexity index is 1090. The SMILES string of the molecule is CCN(CC)S(=O)(=O)c1cccc(C(=O)N[C@@H](C(=O)Nc2ccc(Cl)cc2F)C(C)C)c1. The van der Waals surface area contributed by atoms with Gasteiger partial charge in [-0.25, -0.2) is 12.8 Å². The number of sulfonamides is 1. The van der Waals surface area contributed by atoms with Gasteiger partial charge in [-0.1, -0.05) is 45.4 Å². The number of hydrogen-bond acceptors (Lipinski definition) is 4. The van der Waals surface area contributed by atoms with Crippen molar-refractivity contribution in [1.29, 1.82) is 0 Å². The molecule has 2 aromatic carbocycles. The first-order valence-corrected chi connectivity index (χ1v) is 12.0. The lowest BCUT2D eigenvalue weighted by atomic mass is 10.0. The number of halogens is 2. The lowest BCUT2D eigenvalue weighted by Gasteiger charge is -2.22. The second-order valence-corrected chi connectivity index (χ2v) is 9.80. The zero-order chi connectivity index (χ0) is 24.1. The Morgan fingerprint density at radius 1 is 1.09 bits per heavy atom. The number of benzene rings is 2. The predicted octanol–water partition coefficient (Wildman–Crippen LogP) is 3.90. The summed E-state index contributed by atoms with van der Waals surface area (Å²) in [7, 11) is -3.75. The summed E-state index contributed by atoms with van der Waals surface area (Å²) < 4.78 is 40.8. The number of rotatable bonds is 9. The molecule has 174 valence electrons. The van der Waals surface area contributed by atoms with Gasteiger partial charge < -0.3 is 10.6 Å². The predicted molar refractivity (Wildman–Crippen MR) is 123 cm³/mol. The molecule has 2 aromatic rings. The van der Waals surface area contributed by atoms with E-state index in [4.69, 9.17) is 11.6 Å². The van der Waals surface area contributed by atoms with Gasteiger partial charge in [0.15, 0.2) is 0 Å². The minimum Gasteiger partial charge on any atom is -0.340 e. The summed E-state index contributed by atoms with van der Waals surface area (Å²) in [5.74, 6) is -2.25. The number of anilines is 1. The third-order valence-electron chi connectivity index (χ3n) is 4.86. The van der Waals surface area contributed by atoms with E-state index in [1.807, 2.05) is 0 Å². The van der Waals surface area contributed by atoms with Crippen LogP contribution in [0.25, 0.3) is 0 Å². The van der Waals surface area contributed by atoms with Crippen molar-refractivity contribution in [3.63, 3.8) is 0 Å². The van der Waals surface area contributed by atoms with Crippen molar-refractivity contribution in [3.05, 3.63) is 58.9 Å². The Labute approximate surface area is 193 Å². The average Bonchev–Trinajstić information content (AvgIpc) is 2.74. The van der Waals surface area contributed by atoms with Gasteiger partial charge in [0.1, 0.15) is 11.9 Å². The van der Waals surface area contributed by atoms with E-state index in [2.05, 4.69) is 10.6 Å². The standard InChI is InChI=1S/C22H27ClFN3O4S/c1-5-27(6-2)32(30,31)17-9-7-8-15(12-17)21(28)26-20(14(3)4)22(29)25-19-11-10-16(23)13-18(19)24/h7-14,20H,5-6H2,1-4H3,(H,25,29)(H,26,28)/t20-/m1/s1. The van der Waals surface area contributed by atoms with Gasteiger partial charge in [0, 0.05) is 23.7 Å². The van der Waals surface area contributed by atoms with Crippen LogP contribution in [0.4, 0.5) is 10.1 Å². The summed E-state index contributed by atoms with van der Waals surface area (Å²) in [4.78, 5) is 25.5. The highest BCUT2D eigenvalue weighted by Crippen LogP contribution is 2.20. The molecule has 0 aliphatic heterocycles. The summed E-state index contributed by atoms with van der Waals surface area (Å²) in [6.45, 7) is 7.51. The molecule has 10 heteroatoms. The van der Waals surface area contributed by atoms with E-state index in [1.165, 1.54) is 40.7 Å². The molecular weight excluding hydrogens is 457 g/mol. The van der Waals surface area contributed by atoms with Crippen molar-refractivity contribution in [2.75, 3.05) is 18.4 Å². The molecule has 0 radical (unpaired) electrons. The number of nitrogens with one attached hydrogen (secondary N) is 2. The van der Waals surface area contributed by atoms with E-state index in [1.54, 1.807) is 27.7 Å². The maximum Gasteiger partial charge on any atom is 0.251 e. The summed E-state index contributed by atoms with van der Waals surface area (Å²) in [6.07, 6.45) is 0. The molecule has 0 aromatic heterocycles. The van der Waals surface area contributed by atoms with Crippen LogP contribution in [0, 0.1) is 11.7 Å². The maximum atomic E-state index is 14.0. The largest absolute Gasteiger partial charge is 0.340 e. The van der Waals surface area contributed by atoms with Crippen molar-refractivity contribution < 1.29 is 22.4 Å². The van der Waals surface area contributed by atoms with Crippen LogP contribution in [0.5, 0.6) is 0 Å². The molecular formula is C22H27ClFN3O4S. The van der Waals surface area contributed by atoms with Crippen molar-refractivity contribution in [1.82, 2.24) is 9.62 Å². The number of hydrogen-bond donors (Lipinski definition) is 2. The summed E-state index contributed by atoms with van der Waals surface area (Å²) >= 11 is 5.73. The minimum absolute atomic E-state index is 0.0115. The van der Waals surface area contributed by atoms with E-state index in [0.717, 1.165) is 6.07 Å². The van der Waals surface area contributed by atoms with Crippen LogP contribution >= 0.6 is 11.6 Å². The highest BCUT2D eigenvalue weighted by Gasteiger charge is 2.27. The first-order valence-electron chi connectivity index (χ1n) is 10.2. The second-order valence-electron chi connectivity index (χ2n) is 7.43. The van der Waals surface area contributed by atoms with E-state index in [0.29, 0.717) is 13.1 Å². The summed E-state index contributed by atoms with van der Waals surface area (Å²) in [6, 6.07) is 8.48. The van der Waals surface area contributed by atoms with Gasteiger partial charge >= 0.3 is 0 Å². The van der Waals surface area contributed by atoms with Crippen molar-refractivity contribution in [2.45, 2.75) is 38.6 Å². The van der Waals surface area contributed by atoms with Crippen LogP contribution in [0.1, 0.15) is 38.1 Å². The first-order chi connectivity index (χ1) is 15.0. The van der Waals surface area contributed by atoms with E-state index in [9.17, 15) is 22.4 Å². The Kier molecular flexibility index (Phi) is 8.77. The minimum atomic E-state index is -3.75. The monoisotopic (exact) mass is 483 g/mol. The molecule has 0 fully saturated rings. The number of nitrogens with zero attached hydrogens (tertiary/aromatic N) is 1. The fourth-order valence-electron chi connectivity index (χ4n) is 3.07. The zero-order valence-electron chi connectivity index (χ0n) is 18.4. The van der Waals surface area contributed by atoms with E-state index >= 15 is 0 Å². The van der Waals surface area contributed by atoms with Gasteiger partial charge in [0.05, 0.1) is 10.6 Å². The zero-order valence-corrected chi connectivity index (χ0v) is 19.9. The average molecular weight is 484 g/mol. The van der Waals surface area contributed by atoms with Crippen LogP contribution in [0.2, 0.25) is 5.02 Å². The molecule has 1 atom stereocenters. The molecule has 0 spiro atoms. The van der Waals surface area contributed by atoms with Crippen molar-refractivity contribution in [3.8, 4) is 0 Å². The van der Waals surface area contributed by atoms with Gasteiger partial charge in [-0.15, -0.1) is 0 Å². The third kappa shape index (κ3) is 6.05. The maximum absolute atomic E-state index is 14.0. The fourth-order valence-corrected chi connectivity index (χ4v) is 4.73. The molecule has 0 aliphatic carbocycles. The molecule has 0 aliphatic rings. The molecule has 0 heterocycles. The summed E-state index contributed by atoms with van der Waals surface area (Å²) in [5, 5.41) is 5.25. The van der Waals surface area contributed by atoms with Crippen LogP contribution in [-0.2, 0) is 14.8 Å². The van der Waals surface area contributed by atoms with Gasteiger partial charge in [-0.2, -0.15) is 4.31 Å². The summed E-state index contributed by atoms with van der Waals surface area (Å²) in [5.41, 5.74) is 0.0287. The van der Waals surface area contributed by atoms with Gasteiger partial charge in [0.2, 0.25) is 15.9 Å². The normalized spacial score (nSPS) is 12.6. The van der Waals surface area contributed by atoms with Gasteiger partial charge in [-0.3, -0.25) is 9.59 Å². The topological polar surface area (TPSA) is 95.6 Å². The molecule has 2 rings (SSSR count). The number of amides is 2. The third-order valence-corrected chi connectivity index (χ3v) is 7.15. The highest BCUT2D eigenvalue weighted by molar-refractivity contribution is 7.89. The van der Waals surface area contributed by atoms with Crippen molar-refractivity contribution >= 4 is 39.1 Å². The molecule has 0 unspecified atom stereocenters. The second kappa shape index (κ2) is 10.9. The fraction of sp³-hybridized carbons (Fsp3) is 0.364. The van der Waals surface area contributed by atoms with Crippen LogP contribution in [0.15, 0.2) is 47.4 Å². The van der Waals surface area contributed by atoms with Crippen LogP contribution < -0.4 is 10.6 Å². The highest BCUT2D eigenvalue weighted by atomic mass is 35.5. The molecule has 7 nitrogen and oxygen atoms in total. The molecule has 0 saturated carbocycles. The van der Waals surface area contributed by atoms with Crippen LogP contribution in [-0.4, -0.2) is 43.7 Å². The Morgan fingerprint density at radius 3 is 2.31 bits per heavy atom. The molecule has 0 bridgehead atoms. The smallest absolute Gasteiger partial charge is 0.251 e. The quantitative estimate of drug-likeness (QED) is 0.565. The lowest BCUT2D eigenvalue weighted by Crippen LogP contribution is -2.47. The molecule has 0 saturated heterocycles. The number of carbonyl (C=O) groups is 2. The van der Waals surface area contributed by atoms with Gasteiger partial charge in [-0.05, 0) is 42.3 Å². The lowest BCUT2D eigenvalue weighted by molar-refractivity contribution is -0.118. The van der Waals surface area contributed by atoms with Crippen LogP contribution in [0.3, 0.4) is 0 Å². The molecule has 32 heavy (non-hydrogen) atoms. The first kappa shape index (κ1) is 25.8. The van der Waals surface area contributed by atoms with E-state index < -0.39 is 33.7 Å². The van der Waals surface area contributed by atoms with Crippen molar-refractivity contribution in [2.24, 2.45) is 5.92 Å². The molecule has 2 amide bonds. The Hall–Kier alpha value is -2.49. The Morgan fingerprint density at radius 2 is 1.75 bits per heavy atom. The molecule has 2 N–H and O–H groups in total. The van der Waals surface area contributed by atoms with E-state index in [-0.39, 0.29) is 27.1 Å².